The first-order chi connectivity index (χ1) is 3.25. The minimum absolute atomic E-state index is 0. The fraction of sp³-hybridized carbons (Fsp3) is 1.00. The van der Waals surface area contributed by atoms with Gasteiger partial charge >= 0.3 is 25.7 Å². The molecular formula is CH3BeF3O3S. The topological polar surface area (TPSA) is 54.4 Å². The molecule has 0 bridgehead atoms. The van der Waals surface area contributed by atoms with E-state index < -0.39 is 15.6 Å². The molecule has 0 rings (SSSR count). The second-order valence-electron chi connectivity index (χ2n) is 0.921. The Morgan fingerprint density at radius 3 is 1.44 bits per heavy atom. The van der Waals surface area contributed by atoms with Crippen LogP contribution in [0.25, 0.3) is 0 Å². The van der Waals surface area contributed by atoms with E-state index in [1.54, 1.807) is 0 Å². The third-order valence-electron chi connectivity index (χ3n) is 0.292. The molecule has 0 saturated heterocycles. The number of alkyl halides is 3. The SMILES string of the molecule is O=S(=O)(O)C(F)(F)F.[Be+2].[H-].[H-]. The molecule has 0 fully saturated rings. The van der Waals surface area contributed by atoms with Gasteiger partial charge < -0.3 is 2.85 Å². The molecule has 0 heterocycles. The molecule has 0 unspecified atom stereocenters. The van der Waals surface area contributed by atoms with Gasteiger partial charge in [0.15, 0.2) is 0 Å². The Morgan fingerprint density at radius 2 is 1.44 bits per heavy atom. The Kier molecular flexibility index (Phi) is 3.41. The maximum atomic E-state index is 10.7. The van der Waals surface area contributed by atoms with Crippen LogP contribution in [-0.2, 0) is 10.1 Å². The van der Waals surface area contributed by atoms with Crippen molar-refractivity contribution >= 4 is 20.2 Å². The average molecular weight is 161 g/mol. The van der Waals surface area contributed by atoms with Crippen LogP contribution in [0.4, 0.5) is 13.2 Å². The van der Waals surface area contributed by atoms with Gasteiger partial charge in [-0.15, -0.1) is 0 Å². The smallest absolute Gasteiger partial charge is 1.00 e. The van der Waals surface area contributed by atoms with Gasteiger partial charge in [-0.3, -0.25) is 4.55 Å². The van der Waals surface area contributed by atoms with E-state index in [1.165, 1.54) is 0 Å². The Bertz CT molecular complexity index is 176. The van der Waals surface area contributed by atoms with Gasteiger partial charge in [0, 0.05) is 0 Å². The molecule has 0 aliphatic rings. The molecule has 0 spiro atoms. The number of hydrogen-bond donors (Lipinski definition) is 1. The molecule has 0 aliphatic heterocycles. The summed E-state index contributed by atoms with van der Waals surface area (Å²) in [4.78, 5) is 0. The van der Waals surface area contributed by atoms with Crippen molar-refractivity contribution in [1.82, 2.24) is 0 Å². The summed E-state index contributed by atoms with van der Waals surface area (Å²) in [5, 5.41) is 0. The molecule has 0 aromatic heterocycles. The minimum atomic E-state index is -5.84. The van der Waals surface area contributed by atoms with E-state index >= 15 is 0 Å². The van der Waals surface area contributed by atoms with Crippen LogP contribution in [0.3, 0.4) is 0 Å². The van der Waals surface area contributed by atoms with Gasteiger partial charge in [-0.2, -0.15) is 21.6 Å². The summed E-state index contributed by atoms with van der Waals surface area (Å²) in [6.45, 7) is 0. The van der Waals surface area contributed by atoms with Gasteiger partial charge in [-0.1, -0.05) is 0 Å². The van der Waals surface area contributed by atoms with E-state index in [0.717, 1.165) is 0 Å². The summed E-state index contributed by atoms with van der Waals surface area (Å²) in [6, 6.07) is 0. The van der Waals surface area contributed by atoms with Crippen molar-refractivity contribution in [2.75, 3.05) is 0 Å². The summed E-state index contributed by atoms with van der Waals surface area (Å²) < 4.78 is 57.5. The van der Waals surface area contributed by atoms with Crippen LogP contribution in [0.15, 0.2) is 0 Å². The van der Waals surface area contributed by atoms with Gasteiger partial charge in [0.1, 0.15) is 0 Å². The summed E-state index contributed by atoms with van der Waals surface area (Å²) in [6.07, 6.45) is 0. The van der Waals surface area contributed by atoms with Crippen molar-refractivity contribution < 1.29 is 29.0 Å². The molecule has 0 atom stereocenters. The van der Waals surface area contributed by atoms with Gasteiger partial charge in [0.05, 0.1) is 0 Å². The summed E-state index contributed by atoms with van der Waals surface area (Å²) >= 11 is 0. The van der Waals surface area contributed by atoms with E-state index in [1.807, 2.05) is 0 Å². The Morgan fingerprint density at radius 1 is 1.33 bits per heavy atom. The van der Waals surface area contributed by atoms with E-state index in [0.29, 0.717) is 0 Å². The van der Waals surface area contributed by atoms with E-state index in [2.05, 4.69) is 0 Å². The van der Waals surface area contributed by atoms with Gasteiger partial charge in [0.2, 0.25) is 0 Å². The molecular weight excluding hydrogens is 158 g/mol. The van der Waals surface area contributed by atoms with Crippen molar-refractivity contribution in [3.05, 3.63) is 0 Å². The predicted octanol–water partition coefficient (Wildman–Crippen LogP) is 0.238. The van der Waals surface area contributed by atoms with Crippen molar-refractivity contribution in [2.24, 2.45) is 0 Å². The zero-order valence-corrected chi connectivity index (χ0v) is 4.83. The average Bonchev–Trinajstić information content (AvgIpc) is 1.25. The molecule has 54 valence electrons. The Hall–Kier alpha value is -0.131. The second-order valence-corrected chi connectivity index (χ2v) is 2.33. The maximum absolute atomic E-state index is 10.7. The van der Waals surface area contributed by atoms with Crippen LogP contribution in [0.1, 0.15) is 2.85 Å². The third-order valence-corrected chi connectivity index (χ3v) is 0.877. The van der Waals surface area contributed by atoms with Crippen LogP contribution < -0.4 is 0 Å². The normalized spacial score (nSPS) is 12.4. The molecule has 9 heavy (non-hydrogen) atoms. The maximum Gasteiger partial charge on any atom is 2.00 e. The van der Waals surface area contributed by atoms with Gasteiger partial charge in [-0.25, -0.2) is 0 Å². The Labute approximate surface area is 55.8 Å². The standard InChI is InChI=1S/CHF3O3S.Be.2H/c2-1(3,4)8(5,6)7;;;/h(H,5,6,7);;;/q;+2;2*-1. The van der Waals surface area contributed by atoms with Crippen molar-refractivity contribution in [3.8, 4) is 0 Å². The van der Waals surface area contributed by atoms with Crippen molar-refractivity contribution in [2.45, 2.75) is 5.51 Å². The van der Waals surface area contributed by atoms with Crippen LogP contribution >= 0.6 is 0 Å². The molecule has 0 aliphatic carbocycles. The van der Waals surface area contributed by atoms with Crippen molar-refractivity contribution in [3.63, 3.8) is 0 Å². The molecule has 3 nitrogen and oxygen atoms in total. The third kappa shape index (κ3) is 3.45. The van der Waals surface area contributed by atoms with Crippen LogP contribution in [-0.4, -0.2) is 28.6 Å². The fourth-order valence-corrected chi connectivity index (χ4v) is 0. The number of hydrogen-bond acceptors (Lipinski definition) is 2. The quantitative estimate of drug-likeness (QED) is 0.314. The van der Waals surface area contributed by atoms with E-state index in [4.69, 9.17) is 13.0 Å². The molecule has 8 heteroatoms. The number of halogens is 3. The summed E-state index contributed by atoms with van der Waals surface area (Å²) in [7, 11) is -5.84. The zero-order valence-electron chi connectivity index (χ0n) is 6.01. The van der Waals surface area contributed by atoms with Crippen LogP contribution in [0.5, 0.6) is 0 Å². The molecule has 0 aromatic rings. The van der Waals surface area contributed by atoms with Crippen molar-refractivity contribution in [1.29, 1.82) is 0 Å². The number of rotatable bonds is 0. The molecule has 1 N–H and O–H groups in total. The zero-order chi connectivity index (χ0) is 7.00. The van der Waals surface area contributed by atoms with E-state index in [9.17, 15) is 13.2 Å². The fourth-order valence-electron chi connectivity index (χ4n) is 0. The second kappa shape index (κ2) is 2.64. The first-order valence-electron chi connectivity index (χ1n) is 1.29. The minimum Gasteiger partial charge on any atom is -1.00 e. The largest absolute Gasteiger partial charge is 2.00 e. The first kappa shape index (κ1) is 11.6. The van der Waals surface area contributed by atoms with Gasteiger partial charge in [-0.05, 0) is 0 Å². The van der Waals surface area contributed by atoms with Crippen LogP contribution in [0, 0.1) is 0 Å². The van der Waals surface area contributed by atoms with Gasteiger partial charge in [0.25, 0.3) is 0 Å². The predicted molar refractivity (Wildman–Crippen MR) is 25.6 cm³/mol. The Balaban J connectivity index is -0.0000000817. The van der Waals surface area contributed by atoms with Crippen LogP contribution in [0.2, 0.25) is 0 Å². The molecule has 0 aromatic carbocycles. The summed E-state index contributed by atoms with van der Waals surface area (Å²) in [5.74, 6) is 0. The molecule has 0 radical (unpaired) electrons. The van der Waals surface area contributed by atoms with E-state index in [-0.39, 0.29) is 13.0 Å². The summed E-state index contributed by atoms with van der Waals surface area (Å²) in [5.41, 5.74) is -5.53. The first-order valence-corrected chi connectivity index (χ1v) is 2.73. The molecule has 0 saturated carbocycles. The monoisotopic (exact) mass is 161 g/mol. The molecule has 0 amide bonds.